The molecule has 2 atom stereocenters. The quantitative estimate of drug-likeness (QED) is 0.726. The van der Waals surface area contributed by atoms with Crippen LogP contribution in [-0.2, 0) is 9.53 Å². The number of aliphatic hydroxyl groups is 1. The number of β-amino-alcohol motifs (C(OH)–C–C–N with tert-alkyl or cyclic N) is 1. The molecular formula is C18H26N2O6. The van der Waals surface area contributed by atoms with Gasteiger partial charge in [0.1, 0.15) is 6.61 Å². The topological polar surface area (TPSA) is 97.3 Å². The van der Waals surface area contributed by atoms with Gasteiger partial charge in [-0.1, -0.05) is 0 Å². The van der Waals surface area contributed by atoms with Gasteiger partial charge in [-0.15, -0.1) is 0 Å². The summed E-state index contributed by atoms with van der Waals surface area (Å²) < 4.78 is 15.5. The van der Waals surface area contributed by atoms with E-state index in [1.807, 2.05) is 6.92 Å². The Labute approximate surface area is 153 Å². The lowest BCUT2D eigenvalue weighted by molar-refractivity contribution is -0.138. The number of likely N-dealkylation sites (tertiary alicyclic amines) is 1. The highest BCUT2D eigenvalue weighted by Gasteiger charge is 2.31. The number of carbonyl (C=O) groups excluding carboxylic acids is 2. The largest absolute Gasteiger partial charge is 0.493 e. The van der Waals surface area contributed by atoms with Crippen molar-refractivity contribution in [2.45, 2.75) is 25.5 Å². The molecule has 1 heterocycles. The molecule has 0 radical (unpaired) electrons. The Hall–Kier alpha value is -2.32. The average molecular weight is 366 g/mol. The number of nitrogens with zero attached hydrogens (tertiary/aromatic N) is 1. The van der Waals surface area contributed by atoms with Crippen LogP contribution in [0.5, 0.6) is 11.5 Å². The molecule has 0 bridgehead atoms. The number of amides is 2. The van der Waals surface area contributed by atoms with Crippen LogP contribution in [0.25, 0.3) is 0 Å². The fraction of sp³-hybridized carbons (Fsp3) is 0.556. The second-order valence-electron chi connectivity index (χ2n) is 6.01. The Bertz CT molecular complexity index is 636. The van der Waals surface area contributed by atoms with Crippen molar-refractivity contribution < 1.29 is 28.9 Å². The lowest BCUT2D eigenvalue weighted by Gasteiger charge is -2.36. The molecule has 144 valence electrons. The highest BCUT2D eigenvalue weighted by molar-refractivity contribution is 5.95. The first-order chi connectivity index (χ1) is 12.5. The minimum atomic E-state index is -0.835. The second-order valence-corrected chi connectivity index (χ2v) is 6.01. The van der Waals surface area contributed by atoms with Crippen LogP contribution >= 0.6 is 0 Å². The molecule has 2 rings (SSSR count). The molecule has 1 aromatic carbocycles. The average Bonchev–Trinajstić information content (AvgIpc) is 2.64. The number of carbonyl (C=O) groups is 2. The number of aliphatic hydroxyl groups excluding tert-OH is 1. The summed E-state index contributed by atoms with van der Waals surface area (Å²) in [6.07, 6.45) is -0.366. The number of methoxy groups -OCH3 is 2. The lowest BCUT2D eigenvalue weighted by Crippen LogP contribution is -2.55. The van der Waals surface area contributed by atoms with Gasteiger partial charge >= 0.3 is 0 Å². The first-order valence-electron chi connectivity index (χ1n) is 8.56. The zero-order chi connectivity index (χ0) is 19.1. The molecule has 1 aliphatic rings. The van der Waals surface area contributed by atoms with E-state index in [9.17, 15) is 14.7 Å². The van der Waals surface area contributed by atoms with Crippen molar-refractivity contribution in [2.75, 3.05) is 40.5 Å². The van der Waals surface area contributed by atoms with Gasteiger partial charge in [0.05, 0.1) is 25.9 Å². The van der Waals surface area contributed by atoms with Crippen molar-refractivity contribution in [1.29, 1.82) is 0 Å². The van der Waals surface area contributed by atoms with E-state index in [4.69, 9.17) is 14.2 Å². The van der Waals surface area contributed by atoms with Gasteiger partial charge in [0.25, 0.3) is 5.91 Å². The minimum absolute atomic E-state index is 0.0181. The molecule has 0 aliphatic carbocycles. The van der Waals surface area contributed by atoms with Crippen LogP contribution in [-0.4, -0.2) is 74.5 Å². The maximum Gasteiger partial charge on any atom is 0.251 e. The van der Waals surface area contributed by atoms with E-state index in [1.165, 1.54) is 19.1 Å². The van der Waals surface area contributed by atoms with Crippen molar-refractivity contribution in [1.82, 2.24) is 10.2 Å². The molecule has 26 heavy (non-hydrogen) atoms. The number of ether oxygens (including phenoxy) is 3. The van der Waals surface area contributed by atoms with Crippen molar-refractivity contribution in [3.8, 4) is 11.5 Å². The highest BCUT2D eigenvalue weighted by atomic mass is 16.5. The van der Waals surface area contributed by atoms with E-state index in [0.717, 1.165) is 0 Å². The van der Waals surface area contributed by atoms with Crippen molar-refractivity contribution in [3.05, 3.63) is 23.8 Å². The predicted molar refractivity (Wildman–Crippen MR) is 94.5 cm³/mol. The summed E-state index contributed by atoms with van der Waals surface area (Å²) in [5.41, 5.74) is 0.412. The third-order valence-corrected chi connectivity index (χ3v) is 4.24. The molecule has 8 nitrogen and oxygen atoms in total. The zero-order valence-electron chi connectivity index (χ0n) is 15.4. The SMILES string of the molecule is CCOc1ccc(C(=O)NC2CCN(C(=O)COC)CC2O)cc1OC. The Morgan fingerprint density at radius 1 is 1.31 bits per heavy atom. The Kier molecular flexibility index (Phi) is 7.23. The van der Waals surface area contributed by atoms with Crippen LogP contribution in [0.1, 0.15) is 23.7 Å². The number of hydrogen-bond donors (Lipinski definition) is 2. The Morgan fingerprint density at radius 2 is 2.08 bits per heavy atom. The number of hydrogen-bond acceptors (Lipinski definition) is 6. The van der Waals surface area contributed by atoms with Gasteiger partial charge in [-0.2, -0.15) is 0 Å². The molecule has 2 N–H and O–H groups in total. The maximum absolute atomic E-state index is 12.5. The number of piperidine rings is 1. The molecule has 0 aromatic heterocycles. The van der Waals surface area contributed by atoms with Crippen molar-refractivity contribution in [3.63, 3.8) is 0 Å². The summed E-state index contributed by atoms with van der Waals surface area (Å²) in [6, 6.07) is 4.50. The van der Waals surface area contributed by atoms with Gasteiger partial charge in [0.2, 0.25) is 5.91 Å². The molecular weight excluding hydrogens is 340 g/mol. The summed E-state index contributed by atoms with van der Waals surface area (Å²) in [7, 11) is 2.96. The fourth-order valence-corrected chi connectivity index (χ4v) is 2.88. The fourth-order valence-electron chi connectivity index (χ4n) is 2.88. The van der Waals surface area contributed by atoms with Gasteiger partial charge in [0, 0.05) is 25.8 Å². The van der Waals surface area contributed by atoms with Gasteiger partial charge < -0.3 is 29.5 Å². The summed E-state index contributed by atoms with van der Waals surface area (Å²) >= 11 is 0. The van der Waals surface area contributed by atoms with E-state index < -0.39 is 12.1 Å². The second kappa shape index (κ2) is 9.40. The summed E-state index contributed by atoms with van der Waals surface area (Å²) in [5.74, 6) is 0.552. The van der Waals surface area contributed by atoms with E-state index in [-0.39, 0.29) is 25.0 Å². The number of benzene rings is 1. The molecule has 1 saturated heterocycles. The molecule has 0 spiro atoms. The van der Waals surface area contributed by atoms with Crippen molar-refractivity contribution in [2.24, 2.45) is 0 Å². The molecule has 0 saturated carbocycles. The molecule has 2 unspecified atom stereocenters. The Morgan fingerprint density at radius 3 is 2.69 bits per heavy atom. The first-order valence-corrected chi connectivity index (χ1v) is 8.56. The van der Waals surface area contributed by atoms with Crippen LogP contribution in [0.15, 0.2) is 18.2 Å². The standard InChI is InChI=1S/C18H26N2O6/c1-4-26-15-6-5-12(9-16(15)25-3)18(23)19-13-7-8-20(10-14(13)21)17(22)11-24-2/h5-6,9,13-14,21H,4,7-8,10-11H2,1-3H3,(H,19,23). The number of rotatable bonds is 7. The number of nitrogens with one attached hydrogen (secondary N) is 1. The van der Waals surface area contributed by atoms with Crippen LogP contribution in [0.3, 0.4) is 0 Å². The molecule has 1 fully saturated rings. The molecule has 1 aliphatic heterocycles. The zero-order valence-corrected chi connectivity index (χ0v) is 15.4. The highest BCUT2D eigenvalue weighted by Crippen LogP contribution is 2.28. The lowest BCUT2D eigenvalue weighted by atomic mass is 10.0. The van der Waals surface area contributed by atoms with Crippen molar-refractivity contribution >= 4 is 11.8 Å². The van der Waals surface area contributed by atoms with Crippen LogP contribution < -0.4 is 14.8 Å². The van der Waals surface area contributed by atoms with Crippen LogP contribution in [0.4, 0.5) is 0 Å². The predicted octanol–water partition coefficient (Wildman–Crippen LogP) is 0.432. The Balaban J connectivity index is 1.98. The smallest absolute Gasteiger partial charge is 0.251 e. The van der Waals surface area contributed by atoms with Gasteiger partial charge in [-0.3, -0.25) is 9.59 Å². The third kappa shape index (κ3) is 4.86. The van der Waals surface area contributed by atoms with E-state index in [2.05, 4.69) is 5.32 Å². The van der Waals surface area contributed by atoms with E-state index >= 15 is 0 Å². The minimum Gasteiger partial charge on any atom is -0.493 e. The normalized spacial score (nSPS) is 19.8. The maximum atomic E-state index is 12.5. The molecule has 8 heteroatoms. The van der Waals surface area contributed by atoms with E-state index in [0.29, 0.717) is 36.6 Å². The van der Waals surface area contributed by atoms with Crippen LogP contribution in [0.2, 0.25) is 0 Å². The van der Waals surface area contributed by atoms with Gasteiger partial charge in [0.15, 0.2) is 11.5 Å². The van der Waals surface area contributed by atoms with Gasteiger partial charge in [-0.05, 0) is 31.5 Å². The summed E-state index contributed by atoms with van der Waals surface area (Å²) in [6.45, 7) is 2.96. The van der Waals surface area contributed by atoms with E-state index in [1.54, 1.807) is 18.2 Å². The first kappa shape index (κ1) is 20.0. The summed E-state index contributed by atoms with van der Waals surface area (Å²) in [5, 5.41) is 13.1. The molecule has 1 aromatic rings. The third-order valence-electron chi connectivity index (χ3n) is 4.24. The summed E-state index contributed by atoms with van der Waals surface area (Å²) in [4.78, 5) is 25.9. The monoisotopic (exact) mass is 366 g/mol. The van der Waals surface area contributed by atoms with Gasteiger partial charge in [-0.25, -0.2) is 0 Å². The van der Waals surface area contributed by atoms with Crippen LogP contribution in [0, 0.1) is 0 Å². The molecule has 2 amide bonds.